The van der Waals surface area contributed by atoms with Crippen LogP contribution in [0.2, 0.25) is 0 Å². The summed E-state index contributed by atoms with van der Waals surface area (Å²) in [5.74, 6) is 0.338. The molecule has 0 atom stereocenters. The zero-order chi connectivity index (χ0) is 18.5. The highest BCUT2D eigenvalue weighted by atomic mass is 16.5. The van der Waals surface area contributed by atoms with E-state index in [1.165, 1.54) is 12.1 Å². The molecule has 0 bridgehead atoms. The third-order valence-electron chi connectivity index (χ3n) is 4.37. The van der Waals surface area contributed by atoms with Crippen molar-refractivity contribution in [3.8, 4) is 5.75 Å². The summed E-state index contributed by atoms with van der Waals surface area (Å²) in [5, 5.41) is 9.03. The zero-order valence-electron chi connectivity index (χ0n) is 14.4. The van der Waals surface area contributed by atoms with Gasteiger partial charge in [-0.2, -0.15) is 5.10 Å². The van der Waals surface area contributed by atoms with Crippen molar-refractivity contribution in [1.29, 1.82) is 0 Å². The molecule has 136 valence electrons. The lowest BCUT2D eigenvalue weighted by molar-refractivity contribution is 0.0691. The van der Waals surface area contributed by atoms with Crippen LogP contribution in [0.4, 0.5) is 0 Å². The van der Waals surface area contributed by atoms with Crippen LogP contribution in [-0.4, -0.2) is 53.2 Å². The van der Waals surface area contributed by atoms with Crippen molar-refractivity contribution in [3.63, 3.8) is 0 Å². The standard InChI is InChI=1S/C18H20N4O4/c1-26-14-4-2-12(3-5-14)17(24)19-13-8-10-22(11-9-13)18(25)15-6-7-16(23)21-20-15/h2-7,13H,8-11H2,1H3,(H,19,24)(H,21,23). The summed E-state index contributed by atoms with van der Waals surface area (Å²) in [5.41, 5.74) is 0.438. The lowest BCUT2D eigenvalue weighted by Gasteiger charge is -2.32. The minimum atomic E-state index is -0.346. The number of piperidine rings is 1. The van der Waals surface area contributed by atoms with Gasteiger partial charge in [0.25, 0.3) is 17.4 Å². The monoisotopic (exact) mass is 356 g/mol. The lowest BCUT2D eigenvalue weighted by atomic mass is 10.0. The summed E-state index contributed by atoms with van der Waals surface area (Å²) in [6.07, 6.45) is 1.33. The van der Waals surface area contributed by atoms with Gasteiger partial charge in [-0.15, -0.1) is 0 Å². The second kappa shape index (κ2) is 7.81. The Balaban J connectivity index is 1.53. The maximum absolute atomic E-state index is 12.4. The number of carbonyl (C=O) groups is 2. The van der Waals surface area contributed by atoms with E-state index >= 15 is 0 Å². The highest BCUT2D eigenvalue weighted by Gasteiger charge is 2.25. The van der Waals surface area contributed by atoms with E-state index in [0.717, 1.165) is 0 Å². The maximum Gasteiger partial charge on any atom is 0.274 e. The van der Waals surface area contributed by atoms with Crippen LogP contribution >= 0.6 is 0 Å². The second-order valence-electron chi connectivity index (χ2n) is 6.07. The second-order valence-corrected chi connectivity index (χ2v) is 6.07. The number of benzene rings is 1. The molecule has 2 N–H and O–H groups in total. The van der Waals surface area contributed by atoms with Crippen LogP contribution in [-0.2, 0) is 0 Å². The van der Waals surface area contributed by atoms with Crippen LogP contribution in [0.25, 0.3) is 0 Å². The van der Waals surface area contributed by atoms with Crippen molar-refractivity contribution in [2.75, 3.05) is 20.2 Å². The first-order chi connectivity index (χ1) is 12.6. The van der Waals surface area contributed by atoms with Gasteiger partial charge in [0, 0.05) is 30.8 Å². The fraction of sp³-hybridized carbons (Fsp3) is 0.333. The van der Waals surface area contributed by atoms with E-state index in [2.05, 4.69) is 15.5 Å². The maximum atomic E-state index is 12.4. The smallest absolute Gasteiger partial charge is 0.274 e. The highest BCUT2D eigenvalue weighted by molar-refractivity contribution is 5.94. The number of H-pyrrole nitrogens is 1. The van der Waals surface area contributed by atoms with E-state index in [1.54, 1.807) is 36.3 Å². The highest BCUT2D eigenvalue weighted by Crippen LogP contribution is 2.15. The third-order valence-corrected chi connectivity index (χ3v) is 4.37. The number of amides is 2. The number of carbonyl (C=O) groups excluding carboxylic acids is 2. The molecule has 1 fully saturated rings. The van der Waals surface area contributed by atoms with Gasteiger partial charge in [-0.25, -0.2) is 5.10 Å². The summed E-state index contributed by atoms with van der Waals surface area (Å²) in [6.45, 7) is 1.04. The summed E-state index contributed by atoms with van der Waals surface area (Å²) < 4.78 is 5.08. The topological polar surface area (TPSA) is 104 Å². The van der Waals surface area contributed by atoms with Crippen molar-refractivity contribution in [1.82, 2.24) is 20.4 Å². The predicted molar refractivity (Wildman–Crippen MR) is 94.2 cm³/mol. The Hall–Kier alpha value is -3.16. The molecule has 1 aliphatic rings. The van der Waals surface area contributed by atoms with Gasteiger partial charge in [-0.3, -0.25) is 14.4 Å². The molecule has 1 aromatic carbocycles. The SMILES string of the molecule is COc1ccc(C(=O)NC2CCN(C(=O)c3ccc(=O)[nH]n3)CC2)cc1. The molecule has 2 heterocycles. The molecule has 0 saturated carbocycles. The molecule has 1 aliphatic heterocycles. The number of nitrogens with one attached hydrogen (secondary N) is 2. The zero-order valence-corrected chi connectivity index (χ0v) is 14.4. The van der Waals surface area contributed by atoms with Gasteiger partial charge in [-0.1, -0.05) is 0 Å². The average molecular weight is 356 g/mol. The van der Waals surface area contributed by atoms with Gasteiger partial charge in [-0.05, 0) is 43.2 Å². The van der Waals surface area contributed by atoms with E-state index in [4.69, 9.17) is 4.74 Å². The molecule has 2 aromatic rings. The minimum Gasteiger partial charge on any atom is -0.497 e. The van der Waals surface area contributed by atoms with E-state index < -0.39 is 0 Å². The summed E-state index contributed by atoms with van der Waals surface area (Å²) >= 11 is 0. The molecule has 0 unspecified atom stereocenters. The Morgan fingerprint density at radius 2 is 1.85 bits per heavy atom. The predicted octanol–water partition coefficient (Wildman–Crippen LogP) is 0.813. The summed E-state index contributed by atoms with van der Waals surface area (Å²) in [4.78, 5) is 37.4. The molecular formula is C18H20N4O4. The van der Waals surface area contributed by atoms with Gasteiger partial charge in [0.2, 0.25) is 0 Å². The Morgan fingerprint density at radius 1 is 1.15 bits per heavy atom. The van der Waals surface area contributed by atoms with E-state index in [1.807, 2.05) is 0 Å². The van der Waals surface area contributed by atoms with Crippen LogP contribution in [0.15, 0.2) is 41.2 Å². The average Bonchev–Trinajstić information content (AvgIpc) is 2.68. The minimum absolute atomic E-state index is 0.0113. The molecule has 2 amide bonds. The molecule has 1 aromatic heterocycles. The molecule has 3 rings (SSSR count). The normalized spacial score (nSPS) is 14.7. The Bertz CT molecular complexity index is 819. The lowest BCUT2D eigenvalue weighted by Crippen LogP contribution is -2.46. The van der Waals surface area contributed by atoms with Crippen molar-refractivity contribution < 1.29 is 14.3 Å². The summed E-state index contributed by atoms with van der Waals surface area (Å²) in [6, 6.07) is 9.63. The molecule has 0 radical (unpaired) electrons. The van der Waals surface area contributed by atoms with Gasteiger partial charge in [0.05, 0.1) is 7.11 Å². The molecule has 0 spiro atoms. The van der Waals surface area contributed by atoms with Gasteiger partial charge < -0.3 is 15.0 Å². The number of hydrogen-bond donors (Lipinski definition) is 2. The van der Waals surface area contributed by atoms with Crippen LogP contribution in [0.5, 0.6) is 5.75 Å². The first-order valence-electron chi connectivity index (χ1n) is 8.37. The van der Waals surface area contributed by atoms with E-state index in [9.17, 15) is 14.4 Å². The van der Waals surface area contributed by atoms with Crippen molar-refractivity contribution >= 4 is 11.8 Å². The molecule has 26 heavy (non-hydrogen) atoms. The van der Waals surface area contributed by atoms with Crippen LogP contribution in [0.3, 0.4) is 0 Å². The fourth-order valence-corrected chi connectivity index (χ4v) is 2.86. The van der Waals surface area contributed by atoms with Crippen molar-refractivity contribution in [3.05, 3.63) is 58.0 Å². The fourth-order valence-electron chi connectivity index (χ4n) is 2.86. The van der Waals surface area contributed by atoms with Gasteiger partial charge in [0.1, 0.15) is 11.4 Å². The van der Waals surface area contributed by atoms with E-state index in [0.29, 0.717) is 37.2 Å². The molecule has 8 heteroatoms. The first kappa shape index (κ1) is 17.7. The number of rotatable bonds is 4. The largest absolute Gasteiger partial charge is 0.497 e. The number of hydrogen-bond acceptors (Lipinski definition) is 5. The van der Waals surface area contributed by atoms with Gasteiger partial charge in [0.15, 0.2) is 0 Å². The summed E-state index contributed by atoms with van der Waals surface area (Å²) in [7, 11) is 1.58. The van der Waals surface area contributed by atoms with Gasteiger partial charge >= 0.3 is 0 Å². The number of likely N-dealkylation sites (tertiary alicyclic amines) is 1. The molecule has 8 nitrogen and oxygen atoms in total. The van der Waals surface area contributed by atoms with Crippen molar-refractivity contribution in [2.45, 2.75) is 18.9 Å². The van der Waals surface area contributed by atoms with Crippen LogP contribution in [0, 0.1) is 0 Å². The van der Waals surface area contributed by atoms with E-state index in [-0.39, 0.29) is 29.1 Å². The van der Waals surface area contributed by atoms with Crippen LogP contribution < -0.4 is 15.6 Å². The molecule has 1 saturated heterocycles. The Kier molecular flexibility index (Phi) is 5.31. The number of nitrogens with zero attached hydrogens (tertiary/aromatic N) is 2. The number of aromatic nitrogens is 2. The first-order valence-corrected chi connectivity index (χ1v) is 8.37. The quantitative estimate of drug-likeness (QED) is 0.844. The molecule has 0 aliphatic carbocycles. The van der Waals surface area contributed by atoms with Crippen molar-refractivity contribution in [2.24, 2.45) is 0 Å². The Labute approximate surface area is 150 Å². The van der Waals surface area contributed by atoms with Crippen LogP contribution in [0.1, 0.15) is 33.7 Å². The third kappa shape index (κ3) is 4.08. The number of aromatic amines is 1. The molecular weight excluding hydrogens is 336 g/mol. The number of methoxy groups -OCH3 is 1. The Morgan fingerprint density at radius 3 is 2.42 bits per heavy atom. The number of ether oxygens (including phenoxy) is 1.